The average Bonchev–Trinajstić information content (AvgIpc) is 2.99. The quantitative estimate of drug-likeness (QED) is 0.507. The van der Waals surface area contributed by atoms with Gasteiger partial charge in [0.1, 0.15) is 12.3 Å². The van der Waals surface area contributed by atoms with Gasteiger partial charge in [0, 0.05) is 35.6 Å². The molecule has 0 N–H and O–H groups in total. The molecule has 0 fully saturated rings. The number of carbonyl (C=O) groups is 1. The van der Waals surface area contributed by atoms with Crippen molar-refractivity contribution in [2.45, 2.75) is 44.0 Å². The lowest BCUT2D eigenvalue weighted by atomic mass is 9.95. The Hall–Kier alpha value is -2.36. The number of hydrogen-bond donors (Lipinski definition) is 0. The van der Waals surface area contributed by atoms with Crippen LogP contribution in [0.1, 0.15) is 29.8 Å². The van der Waals surface area contributed by atoms with E-state index in [1.807, 2.05) is 0 Å². The van der Waals surface area contributed by atoms with Gasteiger partial charge >= 0.3 is 11.7 Å². The van der Waals surface area contributed by atoms with E-state index in [1.54, 1.807) is 0 Å². The van der Waals surface area contributed by atoms with E-state index < -0.39 is 23.3 Å². The molecular formula is C18H17ClF5N3O2. The number of halogens is 6. The lowest BCUT2D eigenvalue weighted by Crippen LogP contribution is -2.31. The SMILES string of the molecule is CN(C(=O)Cn1nc(C(F)(F)F)c2c1CCCC2)c1ccc(OC(F)(F)Cl)cc1. The van der Waals surface area contributed by atoms with Crippen molar-refractivity contribution < 1.29 is 31.5 Å². The molecule has 5 nitrogen and oxygen atoms in total. The van der Waals surface area contributed by atoms with Gasteiger partial charge in [-0.25, -0.2) is 0 Å². The van der Waals surface area contributed by atoms with Crippen LogP contribution in [0, 0.1) is 0 Å². The van der Waals surface area contributed by atoms with Crippen molar-refractivity contribution in [1.29, 1.82) is 0 Å². The number of aromatic nitrogens is 2. The molecule has 1 aliphatic rings. The molecule has 0 aliphatic heterocycles. The van der Waals surface area contributed by atoms with Crippen LogP contribution in [0.5, 0.6) is 5.75 Å². The minimum atomic E-state index is -4.58. The Kier molecular flexibility index (Phi) is 5.75. The first kappa shape index (κ1) is 21.4. The predicted octanol–water partition coefficient (Wildman–Crippen LogP) is 4.61. The number of carbonyl (C=O) groups excluding carboxylic acids is 1. The minimum Gasteiger partial charge on any atom is -0.420 e. The van der Waals surface area contributed by atoms with Crippen LogP contribution in [0.3, 0.4) is 0 Å². The standard InChI is InChI=1S/C18H17ClF5N3O2/c1-26(11-6-8-12(9-7-11)29-18(19,23)24)15(28)10-27-14-5-3-2-4-13(14)16(25-27)17(20,21)22/h6-9H,2-5,10H2,1H3. The summed E-state index contributed by atoms with van der Waals surface area (Å²) in [5, 5.41) is 3.66. The van der Waals surface area contributed by atoms with Gasteiger partial charge in [-0.05, 0) is 49.9 Å². The van der Waals surface area contributed by atoms with Gasteiger partial charge in [-0.2, -0.15) is 18.3 Å². The summed E-state index contributed by atoms with van der Waals surface area (Å²) in [7, 11) is 1.43. The molecule has 1 aromatic carbocycles. The molecule has 11 heteroatoms. The first-order valence-electron chi connectivity index (χ1n) is 8.74. The number of amides is 1. The van der Waals surface area contributed by atoms with Crippen LogP contribution < -0.4 is 9.64 Å². The number of ether oxygens (including phenoxy) is 1. The highest BCUT2D eigenvalue weighted by molar-refractivity contribution is 6.20. The monoisotopic (exact) mass is 437 g/mol. The Balaban J connectivity index is 1.77. The molecule has 0 spiro atoms. The van der Waals surface area contributed by atoms with Gasteiger partial charge in [0.05, 0.1) is 0 Å². The van der Waals surface area contributed by atoms with Crippen LogP contribution in [0.4, 0.5) is 27.6 Å². The third kappa shape index (κ3) is 4.98. The fourth-order valence-electron chi connectivity index (χ4n) is 3.28. The number of likely N-dealkylation sites (N-methyl/N-ethyl adjacent to an activating group) is 1. The normalized spacial score (nSPS) is 14.4. The largest absolute Gasteiger partial charge is 0.487 e. The summed E-state index contributed by atoms with van der Waals surface area (Å²) in [6, 6.07) is 5.12. The Morgan fingerprint density at radius 2 is 1.79 bits per heavy atom. The van der Waals surface area contributed by atoms with E-state index in [0.29, 0.717) is 24.2 Å². The van der Waals surface area contributed by atoms with Crippen LogP contribution in [0.15, 0.2) is 24.3 Å². The predicted molar refractivity (Wildman–Crippen MR) is 95.2 cm³/mol. The second-order valence-electron chi connectivity index (χ2n) is 6.63. The van der Waals surface area contributed by atoms with Crippen molar-refractivity contribution in [3.05, 3.63) is 41.2 Å². The van der Waals surface area contributed by atoms with Gasteiger partial charge in [0.2, 0.25) is 5.91 Å². The van der Waals surface area contributed by atoms with Crippen molar-refractivity contribution in [3.63, 3.8) is 0 Å². The number of benzene rings is 1. The molecule has 0 unspecified atom stereocenters. The number of nitrogens with zero attached hydrogens (tertiary/aromatic N) is 3. The summed E-state index contributed by atoms with van der Waals surface area (Å²) >= 11 is 4.69. The zero-order chi connectivity index (χ0) is 21.4. The Bertz CT molecular complexity index is 891. The molecule has 0 saturated heterocycles. The second kappa shape index (κ2) is 7.81. The molecule has 3 rings (SSSR count). The van der Waals surface area contributed by atoms with E-state index in [0.717, 1.165) is 11.1 Å². The van der Waals surface area contributed by atoms with Crippen molar-refractivity contribution in [2.75, 3.05) is 11.9 Å². The van der Waals surface area contributed by atoms with Crippen LogP contribution in [0.25, 0.3) is 0 Å². The summed E-state index contributed by atoms with van der Waals surface area (Å²) in [5.41, 5.74) is -3.87. The van der Waals surface area contributed by atoms with Crippen LogP contribution in [0.2, 0.25) is 0 Å². The molecule has 1 aromatic heterocycles. The average molecular weight is 438 g/mol. The molecule has 158 valence electrons. The summed E-state index contributed by atoms with van der Waals surface area (Å²) < 4.78 is 70.4. The molecule has 0 bridgehead atoms. The van der Waals surface area contributed by atoms with Crippen LogP contribution in [-0.2, 0) is 30.4 Å². The third-order valence-electron chi connectivity index (χ3n) is 4.64. The Morgan fingerprint density at radius 1 is 1.17 bits per heavy atom. The topological polar surface area (TPSA) is 47.4 Å². The lowest BCUT2D eigenvalue weighted by molar-refractivity contribution is -0.142. The first-order chi connectivity index (χ1) is 13.5. The highest BCUT2D eigenvalue weighted by atomic mass is 35.5. The number of rotatable bonds is 5. The molecule has 2 aromatic rings. The molecule has 1 aliphatic carbocycles. The highest BCUT2D eigenvalue weighted by Gasteiger charge is 2.39. The zero-order valence-electron chi connectivity index (χ0n) is 15.3. The molecule has 0 radical (unpaired) electrons. The van der Waals surface area contributed by atoms with E-state index >= 15 is 0 Å². The number of hydrogen-bond acceptors (Lipinski definition) is 3. The molecule has 0 saturated carbocycles. The smallest absolute Gasteiger partial charge is 0.420 e. The summed E-state index contributed by atoms with van der Waals surface area (Å²) in [5.74, 6) is -0.712. The van der Waals surface area contributed by atoms with E-state index in [-0.39, 0.29) is 24.3 Å². The van der Waals surface area contributed by atoms with Crippen molar-refractivity contribution in [1.82, 2.24) is 9.78 Å². The molecular weight excluding hydrogens is 421 g/mol. The third-order valence-corrected chi connectivity index (χ3v) is 4.72. The van der Waals surface area contributed by atoms with Gasteiger partial charge in [0.15, 0.2) is 5.69 Å². The zero-order valence-corrected chi connectivity index (χ0v) is 16.0. The Morgan fingerprint density at radius 3 is 2.38 bits per heavy atom. The Labute approximate surface area is 168 Å². The minimum absolute atomic E-state index is 0.155. The highest BCUT2D eigenvalue weighted by Crippen LogP contribution is 2.36. The lowest BCUT2D eigenvalue weighted by Gasteiger charge is -2.20. The van der Waals surface area contributed by atoms with Gasteiger partial charge < -0.3 is 9.64 Å². The van der Waals surface area contributed by atoms with E-state index in [2.05, 4.69) is 9.84 Å². The fourth-order valence-corrected chi connectivity index (χ4v) is 3.37. The van der Waals surface area contributed by atoms with Crippen molar-refractivity contribution >= 4 is 23.2 Å². The van der Waals surface area contributed by atoms with Crippen molar-refractivity contribution in [2.24, 2.45) is 0 Å². The first-order valence-corrected chi connectivity index (χ1v) is 9.11. The van der Waals surface area contributed by atoms with Crippen LogP contribution in [-0.4, -0.2) is 28.3 Å². The molecule has 1 heterocycles. The molecule has 29 heavy (non-hydrogen) atoms. The fraction of sp³-hybridized carbons (Fsp3) is 0.444. The van der Waals surface area contributed by atoms with E-state index in [9.17, 15) is 26.7 Å². The van der Waals surface area contributed by atoms with Gasteiger partial charge in [0.25, 0.3) is 0 Å². The van der Waals surface area contributed by atoms with Gasteiger partial charge in [-0.3, -0.25) is 9.48 Å². The second-order valence-corrected chi connectivity index (χ2v) is 7.07. The van der Waals surface area contributed by atoms with Crippen molar-refractivity contribution in [3.8, 4) is 5.75 Å². The number of anilines is 1. The summed E-state index contributed by atoms with van der Waals surface area (Å²) in [6.45, 7) is -0.368. The van der Waals surface area contributed by atoms with Crippen LogP contribution >= 0.6 is 11.6 Å². The molecule has 0 atom stereocenters. The van der Waals surface area contributed by atoms with E-state index in [1.165, 1.54) is 36.2 Å². The van der Waals surface area contributed by atoms with E-state index in [4.69, 9.17) is 11.6 Å². The maximum atomic E-state index is 13.3. The number of fused-ring (bicyclic) bond motifs is 1. The number of alkyl halides is 6. The maximum Gasteiger partial charge on any atom is 0.487 e. The summed E-state index contributed by atoms with van der Waals surface area (Å²) in [4.78, 5) is 13.8. The van der Waals surface area contributed by atoms with Gasteiger partial charge in [-0.1, -0.05) is 0 Å². The van der Waals surface area contributed by atoms with Gasteiger partial charge in [-0.15, -0.1) is 8.78 Å². The molecule has 1 amide bonds. The maximum absolute atomic E-state index is 13.3. The summed E-state index contributed by atoms with van der Waals surface area (Å²) in [6.07, 6.45) is -2.50.